The molecule has 1 aromatic heterocycles. The second kappa shape index (κ2) is 5.84. The molecule has 1 amide bonds. The van der Waals surface area contributed by atoms with Crippen LogP contribution < -0.4 is 10.9 Å². The Bertz CT molecular complexity index is 791. The van der Waals surface area contributed by atoms with Crippen molar-refractivity contribution in [3.05, 3.63) is 46.4 Å². The molecule has 0 aliphatic heterocycles. The summed E-state index contributed by atoms with van der Waals surface area (Å²) in [5.41, 5.74) is 0.162. The molecule has 4 heteroatoms. The standard InChI is InChI=1S/C19H22N2O2/c22-18-16-7-2-1-4-14(16)11-17(21-18)19(23)20-15-6-3-5-13(10-15)12-8-9-12/h1-2,4,7,11-13,15H,3,5-6,8-10H2,(H,20,23)(H,21,22)/t13-,15+/m0/s1. The maximum Gasteiger partial charge on any atom is 0.268 e. The molecule has 2 N–H and O–H groups in total. The molecule has 4 nitrogen and oxygen atoms in total. The number of aromatic nitrogens is 1. The molecular formula is C19H22N2O2. The van der Waals surface area contributed by atoms with Crippen LogP contribution >= 0.6 is 0 Å². The van der Waals surface area contributed by atoms with Crippen molar-refractivity contribution < 1.29 is 4.79 Å². The van der Waals surface area contributed by atoms with Crippen LogP contribution in [0.1, 0.15) is 49.0 Å². The van der Waals surface area contributed by atoms with Crippen LogP contribution in [0.15, 0.2) is 35.1 Å². The van der Waals surface area contributed by atoms with E-state index in [0.29, 0.717) is 11.1 Å². The third kappa shape index (κ3) is 3.03. The van der Waals surface area contributed by atoms with Gasteiger partial charge in [-0.3, -0.25) is 9.59 Å². The zero-order valence-electron chi connectivity index (χ0n) is 13.2. The Kier molecular flexibility index (Phi) is 3.68. The molecule has 0 saturated heterocycles. The van der Waals surface area contributed by atoms with Gasteiger partial charge in [-0.2, -0.15) is 0 Å². The normalized spacial score (nSPS) is 24.5. The molecule has 2 aromatic rings. The number of hydrogen-bond donors (Lipinski definition) is 2. The molecule has 1 heterocycles. The number of carbonyl (C=O) groups is 1. The van der Waals surface area contributed by atoms with Gasteiger partial charge in [-0.25, -0.2) is 0 Å². The highest BCUT2D eigenvalue weighted by Gasteiger charge is 2.35. The van der Waals surface area contributed by atoms with Crippen LogP contribution in [-0.2, 0) is 0 Å². The van der Waals surface area contributed by atoms with E-state index in [4.69, 9.17) is 0 Å². The minimum atomic E-state index is -0.201. The number of fused-ring (bicyclic) bond motifs is 1. The maximum atomic E-state index is 12.5. The van der Waals surface area contributed by atoms with Crippen molar-refractivity contribution in [2.45, 2.75) is 44.6 Å². The first kappa shape index (κ1) is 14.5. The Morgan fingerprint density at radius 1 is 1.09 bits per heavy atom. The first-order chi connectivity index (χ1) is 11.2. The van der Waals surface area contributed by atoms with Crippen LogP contribution in [0.3, 0.4) is 0 Å². The predicted molar refractivity (Wildman–Crippen MR) is 90.5 cm³/mol. The summed E-state index contributed by atoms with van der Waals surface area (Å²) in [6.07, 6.45) is 7.37. The molecule has 1 aromatic carbocycles. The summed E-state index contributed by atoms with van der Waals surface area (Å²) >= 11 is 0. The number of amides is 1. The Hall–Kier alpha value is -2.10. The van der Waals surface area contributed by atoms with E-state index in [2.05, 4.69) is 10.3 Å². The number of H-pyrrole nitrogens is 1. The summed E-state index contributed by atoms with van der Waals surface area (Å²) in [6.45, 7) is 0. The summed E-state index contributed by atoms with van der Waals surface area (Å²) in [6, 6.07) is 9.37. The Morgan fingerprint density at radius 3 is 2.74 bits per heavy atom. The number of pyridine rings is 1. The fourth-order valence-corrected chi connectivity index (χ4v) is 3.95. The lowest BCUT2D eigenvalue weighted by Crippen LogP contribution is -2.39. The van der Waals surface area contributed by atoms with Gasteiger partial charge in [0.05, 0.1) is 0 Å². The first-order valence-electron chi connectivity index (χ1n) is 8.63. The average Bonchev–Trinajstić information content (AvgIpc) is 3.40. The Balaban J connectivity index is 1.51. The molecule has 0 spiro atoms. The van der Waals surface area contributed by atoms with Crippen LogP contribution in [0.25, 0.3) is 10.8 Å². The second-order valence-corrected chi connectivity index (χ2v) is 7.03. The molecule has 2 atom stereocenters. The monoisotopic (exact) mass is 310 g/mol. The van der Waals surface area contributed by atoms with E-state index in [1.165, 1.54) is 25.7 Å². The number of rotatable bonds is 3. The number of nitrogens with one attached hydrogen (secondary N) is 2. The van der Waals surface area contributed by atoms with Gasteiger partial charge in [0.25, 0.3) is 11.5 Å². The molecule has 2 fully saturated rings. The highest BCUT2D eigenvalue weighted by molar-refractivity contribution is 5.96. The number of carbonyl (C=O) groups excluding carboxylic acids is 1. The molecular weight excluding hydrogens is 288 g/mol. The van der Waals surface area contributed by atoms with Crippen molar-refractivity contribution in [1.82, 2.24) is 10.3 Å². The molecule has 2 saturated carbocycles. The quantitative estimate of drug-likeness (QED) is 0.914. The summed E-state index contributed by atoms with van der Waals surface area (Å²) in [5.74, 6) is 1.52. The zero-order valence-corrected chi connectivity index (χ0v) is 13.2. The van der Waals surface area contributed by atoms with Crippen molar-refractivity contribution in [3.8, 4) is 0 Å². The minimum absolute atomic E-state index is 0.158. The molecule has 2 aliphatic rings. The molecule has 0 unspecified atom stereocenters. The van der Waals surface area contributed by atoms with Gasteiger partial charge in [-0.1, -0.05) is 31.0 Å². The minimum Gasteiger partial charge on any atom is -0.348 e. The fourth-order valence-electron chi connectivity index (χ4n) is 3.95. The van der Waals surface area contributed by atoms with E-state index in [9.17, 15) is 9.59 Å². The van der Waals surface area contributed by atoms with E-state index in [1.54, 1.807) is 12.1 Å². The van der Waals surface area contributed by atoms with Crippen molar-refractivity contribution in [3.63, 3.8) is 0 Å². The summed E-state index contributed by atoms with van der Waals surface area (Å²) in [4.78, 5) is 27.3. The van der Waals surface area contributed by atoms with Crippen molar-refractivity contribution >= 4 is 16.7 Å². The lowest BCUT2D eigenvalue weighted by Gasteiger charge is -2.29. The fraction of sp³-hybridized carbons (Fsp3) is 0.474. The van der Waals surface area contributed by atoms with Crippen LogP contribution in [0.4, 0.5) is 0 Å². The van der Waals surface area contributed by atoms with Gasteiger partial charge in [0.15, 0.2) is 0 Å². The lowest BCUT2D eigenvalue weighted by atomic mass is 9.82. The highest BCUT2D eigenvalue weighted by Crippen LogP contribution is 2.43. The zero-order chi connectivity index (χ0) is 15.8. The highest BCUT2D eigenvalue weighted by atomic mass is 16.2. The predicted octanol–water partition coefficient (Wildman–Crippen LogP) is 3.23. The molecule has 120 valence electrons. The summed E-state index contributed by atoms with van der Waals surface area (Å²) in [7, 11) is 0. The van der Waals surface area contributed by atoms with Gasteiger partial charge >= 0.3 is 0 Å². The van der Waals surface area contributed by atoms with Crippen LogP contribution in [0, 0.1) is 11.8 Å². The maximum absolute atomic E-state index is 12.5. The summed E-state index contributed by atoms with van der Waals surface area (Å²) in [5, 5.41) is 4.56. The molecule has 0 bridgehead atoms. The molecule has 0 radical (unpaired) electrons. The van der Waals surface area contributed by atoms with E-state index in [1.807, 2.05) is 18.2 Å². The van der Waals surface area contributed by atoms with Gasteiger partial charge in [0.2, 0.25) is 0 Å². The van der Waals surface area contributed by atoms with Crippen LogP contribution in [-0.4, -0.2) is 16.9 Å². The second-order valence-electron chi connectivity index (χ2n) is 7.03. The van der Waals surface area contributed by atoms with Gasteiger partial charge in [0, 0.05) is 11.4 Å². The smallest absolute Gasteiger partial charge is 0.268 e. The Morgan fingerprint density at radius 2 is 1.91 bits per heavy atom. The van der Waals surface area contributed by atoms with E-state index >= 15 is 0 Å². The van der Waals surface area contributed by atoms with Gasteiger partial charge in [-0.15, -0.1) is 0 Å². The van der Waals surface area contributed by atoms with Gasteiger partial charge < -0.3 is 10.3 Å². The average molecular weight is 310 g/mol. The molecule has 2 aliphatic carbocycles. The number of hydrogen-bond acceptors (Lipinski definition) is 2. The van der Waals surface area contributed by atoms with Crippen LogP contribution in [0.2, 0.25) is 0 Å². The molecule has 23 heavy (non-hydrogen) atoms. The van der Waals surface area contributed by atoms with Crippen molar-refractivity contribution in [2.75, 3.05) is 0 Å². The lowest BCUT2D eigenvalue weighted by molar-refractivity contribution is 0.0912. The number of aromatic amines is 1. The van der Waals surface area contributed by atoms with Crippen LogP contribution in [0.5, 0.6) is 0 Å². The summed E-state index contributed by atoms with van der Waals surface area (Å²) < 4.78 is 0. The van der Waals surface area contributed by atoms with E-state index in [0.717, 1.165) is 30.1 Å². The van der Waals surface area contributed by atoms with E-state index in [-0.39, 0.29) is 17.5 Å². The van der Waals surface area contributed by atoms with Crippen molar-refractivity contribution in [1.29, 1.82) is 0 Å². The SMILES string of the molecule is O=C(N[C@@H]1CCC[C@H](C2CC2)C1)c1cc2ccccc2c(=O)[nH]1. The topological polar surface area (TPSA) is 62.0 Å². The van der Waals surface area contributed by atoms with Gasteiger partial charge in [0.1, 0.15) is 5.69 Å². The van der Waals surface area contributed by atoms with E-state index < -0.39 is 0 Å². The van der Waals surface area contributed by atoms with Gasteiger partial charge in [-0.05, 0) is 55.0 Å². The largest absolute Gasteiger partial charge is 0.348 e. The molecule has 4 rings (SSSR count). The van der Waals surface area contributed by atoms with Crippen molar-refractivity contribution in [2.24, 2.45) is 11.8 Å². The third-order valence-electron chi connectivity index (χ3n) is 5.34. The number of benzene rings is 1. The Labute approximate surface area is 135 Å². The first-order valence-corrected chi connectivity index (χ1v) is 8.63. The third-order valence-corrected chi connectivity index (χ3v) is 5.34.